The topological polar surface area (TPSA) is 95.2 Å². The Kier molecular flexibility index (Phi) is 8.30. The van der Waals surface area contributed by atoms with E-state index in [1.54, 1.807) is 11.9 Å². The second-order valence-electron chi connectivity index (χ2n) is 10.5. The van der Waals surface area contributed by atoms with Gasteiger partial charge >= 0.3 is 0 Å². The lowest BCUT2D eigenvalue weighted by molar-refractivity contribution is -0.134. The van der Waals surface area contributed by atoms with Crippen LogP contribution in [0.3, 0.4) is 0 Å². The fraction of sp³-hybridized carbons (Fsp3) is 0.913. The zero-order valence-electron chi connectivity index (χ0n) is 20.5. The van der Waals surface area contributed by atoms with E-state index in [-0.39, 0.29) is 29.9 Å². The molecule has 0 aromatic carbocycles. The molecule has 5 saturated heterocycles. The maximum atomic E-state index is 13.0. The molecule has 5 rings (SSSR count). The van der Waals surface area contributed by atoms with E-state index in [0.717, 1.165) is 64.4 Å². The smallest absolute Gasteiger partial charge is 0.239 e. The number of piperazine rings is 1. The van der Waals surface area contributed by atoms with Crippen LogP contribution in [0.4, 0.5) is 0 Å². The number of nitrogens with one attached hydrogen (secondary N) is 4. The van der Waals surface area contributed by atoms with Gasteiger partial charge in [0.25, 0.3) is 0 Å². The summed E-state index contributed by atoms with van der Waals surface area (Å²) in [7, 11) is 2.15. The zero-order chi connectivity index (χ0) is 23.5. The predicted octanol–water partition coefficient (Wildman–Crippen LogP) is -0.992. The third-order valence-electron chi connectivity index (χ3n) is 8.51. The molecule has 0 radical (unpaired) electrons. The molecule has 0 bridgehead atoms. The normalized spacial score (nSPS) is 36.3. The first-order chi connectivity index (χ1) is 16.6. The SMILES string of the molecule is CN1C(CCC(=O)N2CCN(C3CCCCN3)CC2)CNC(=O)C2C1CCN2CC1CSNN1. The molecular weight excluding hydrogens is 452 g/mol. The number of likely N-dealkylation sites (N-methyl/N-ethyl adjacent to an activating group) is 1. The van der Waals surface area contributed by atoms with Crippen molar-refractivity contribution in [2.75, 3.05) is 65.2 Å². The molecule has 5 aliphatic heterocycles. The molecule has 2 amide bonds. The maximum absolute atomic E-state index is 13.0. The maximum Gasteiger partial charge on any atom is 0.239 e. The van der Waals surface area contributed by atoms with Gasteiger partial charge in [0.15, 0.2) is 0 Å². The highest BCUT2D eigenvalue weighted by atomic mass is 32.2. The Morgan fingerprint density at radius 2 is 1.97 bits per heavy atom. The summed E-state index contributed by atoms with van der Waals surface area (Å²) in [5.41, 5.74) is 3.29. The van der Waals surface area contributed by atoms with Crippen LogP contribution in [0.2, 0.25) is 0 Å². The molecule has 5 fully saturated rings. The summed E-state index contributed by atoms with van der Waals surface area (Å²) in [6.07, 6.45) is 6.65. The van der Waals surface area contributed by atoms with Crippen LogP contribution >= 0.6 is 11.9 Å². The molecule has 192 valence electrons. The Labute approximate surface area is 208 Å². The lowest BCUT2D eigenvalue weighted by atomic mass is 10.0. The molecule has 0 aliphatic carbocycles. The second-order valence-corrected chi connectivity index (χ2v) is 11.4. The monoisotopic (exact) mass is 494 g/mol. The summed E-state index contributed by atoms with van der Waals surface area (Å²) in [5.74, 6) is 1.43. The molecular formula is C23H42N8O2S. The van der Waals surface area contributed by atoms with Crippen LogP contribution in [0.15, 0.2) is 0 Å². The number of likely N-dealkylation sites (tertiary alicyclic amines) is 1. The van der Waals surface area contributed by atoms with Crippen molar-refractivity contribution < 1.29 is 9.59 Å². The molecule has 4 N–H and O–H groups in total. The van der Waals surface area contributed by atoms with Crippen LogP contribution in [0.1, 0.15) is 38.5 Å². The Morgan fingerprint density at radius 1 is 1.12 bits per heavy atom. The van der Waals surface area contributed by atoms with Crippen molar-refractivity contribution in [3.63, 3.8) is 0 Å². The van der Waals surface area contributed by atoms with Gasteiger partial charge in [0, 0.05) is 76.1 Å². The Bertz CT molecular complexity index is 709. The van der Waals surface area contributed by atoms with Crippen molar-refractivity contribution in [2.45, 2.75) is 68.9 Å². The van der Waals surface area contributed by atoms with Crippen molar-refractivity contribution in [3.8, 4) is 0 Å². The zero-order valence-corrected chi connectivity index (χ0v) is 21.3. The molecule has 11 heteroatoms. The summed E-state index contributed by atoms with van der Waals surface area (Å²) in [4.78, 5) is 38.4. The fourth-order valence-corrected chi connectivity index (χ4v) is 7.14. The van der Waals surface area contributed by atoms with Crippen molar-refractivity contribution >= 4 is 23.8 Å². The molecule has 0 aromatic rings. The van der Waals surface area contributed by atoms with Gasteiger partial charge in [0.1, 0.15) is 6.04 Å². The number of rotatable bonds is 6. The quantitative estimate of drug-likeness (QED) is 0.347. The first-order valence-electron chi connectivity index (χ1n) is 13.2. The highest BCUT2D eigenvalue weighted by molar-refractivity contribution is 7.97. The first kappa shape index (κ1) is 24.7. The van der Waals surface area contributed by atoms with Crippen molar-refractivity contribution in [3.05, 3.63) is 0 Å². The lowest BCUT2D eigenvalue weighted by Gasteiger charge is -2.41. The van der Waals surface area contributed by atoms with E-state index in [1.807, 2.05) is 0 Å². The number of hydrogen-bond donors (Lipinski definition) is 4. The van der Waals surface area contributed by atoms with E-state index in [9.17, 15) is 9.59 Å². The third kappa shape index (κ3) is 5.55. The third-order valence-corrected chi connectivity index (χ3v) is 9.34. The summed E-state index contributed by atoms with van der Waals surface area (Å²) in [5, 5.41) is 6.82. The molecule has 5 atom stereocenters. The van der Waals surface area contributed by atoms with Crippen LogP contribution < -0.4 is 20.9 Å². The number of nitrogens with zero attached hydrogens (tertiary/aromatic N) is 4. The number of hydrazine groups is 1. The average molecular weight is 495 g/mol. The Balaban J connectivity index is 1.10. The van der Waals surface area contributed by atoms with Crippen LogP contribution in [-0.4, -0.2) is 127 Å². The standard InChI is InChI=1S/C23H42N8O2S/c1-28-18(5-6-21(32)30-12-10-29(11-13-30)20-4-2-3-8-24-20)14-25-23(33)22-19(28)7-9-31(22)15-17-16-34-27-26-17/h17-20,22,24,26-27H,2-16H2,1H3,(H,25,33). The Hall–Kier alpha value is -0.950. The minimum absolute atomic E-state index is 0.0976. The van der Waals surface area contributed by atoms with E-state index in [1.165, 1.54) is 19.3 Å². The number of fused-ring (bicyclic) bond motifs is 1. The molecule has 5 aliphatic rings. The van der Waals surface area contributed by atoms with Crippen LogP contribution in [-0.2, 0) is 9.59 Å². The number of carbonyl (C=O) groups excluding carboxylic acids is 2. The van der Waals surface area contributed by atoms with Gasteiger partial charge in [0.2, 0.25) is 11.8 Å². The lowest BCUT2D eigenvalue weighted by Crippen LogP contribution is -2.56. The summed E-state index contributed by atoms with van der Waals surface area (Å²) in [6.45, 7) is 7.16. The van der Waals surface area contributed by atoms with Gasteiger partial charge in [-0.25, -0.2) is 10.3 Å². The Morgan fingerprint density at radius 3 is 2.71 bits per heavy atom. The fourth-order valence-electron chi connectivity index (χ4n) is 6.42. The first-order valence-corrected chi connectivity index (χ1v) is 14.2. The van der Waals surface area contributed by atoms with E-state index in [0.29, 0.717) is 25.2 Å². The van der Waals surface area contributed by atoms with Crippen molar-refractivity contribution in [2.24, 2.45) is 0 Å². The van der Waals surface area contributed by atoms with Gasteiger partial charge in [-0.2, -0.15) is 0 Å². The van der Waals surface area contributed by atoms with Gasteiger partial charge < -0.3 is 15.5 Å². The number of hydrogen-bond acceptors (Lipinski definition) is 9. The summed E-state index contributed by atoms with van der Waals surface area (Å²) in [6, 6.07) is 0.695. The summed E-state index contributed by atoms with van der Waals surface area (Å²) >= 11 is 1.69. The van der Waals surface area contributed by atoms with Gasteiger partial charge in [-0.3, -0.25) is 24.3 Å². The molecule has 0 saturated carbocycles. The van der Waals surface area contributed by atoms with Crippen molar-refractivity contribution in [1.82, 2.24) is 40.5 Å². The van der Waals surface area contributed by atoms with Crippen LogP contribution in [0.25, 0.3) is 0 Å². The van der Waals surface area contributed by atoms with Crippen LogP contribution in [0.5, 0.6) is 0 Å². The van der Waals surface area contributed by atoms with Gasteiger partial charge in [-0.15, -0.1) is 0 Å². The van der Waals surface area contributed by atoms with E-state index in [4.69, 9.17) is 0 Å². The molecule has 34 heavy (non-hydrogen) atoms. The minimum Gasteiger partial charge on any atom is -0.353 e. The highest BCUT2D eigenvalue weighted by Crippen LogP contribution is 2.28. The number of amides is 2. The van der Waals surface area contributed by atoms with E-state index in [2.05, 4.69) is 47.5 Å². The highest BCUT2D eigenvalue weighted by Gasteiger charge is 2.45. The largest absolute Gasteiger partial charge is 0.353 e. The summed E-state index contributed by atoms with van der Waals surface area (Å²) < 4.78 is 0. The molecule has 5 heterocycles. The predicted molar refractivity (Wildman–Crippen MR) is 134 cm³/mol. The van der Waals surface area contributed by atoms with Crippen molar-refractivity contribution in [1.29, 1.82) is 0 Å². The molecule has 0 spiro atoms. The minimum atomic E-state index is -0.0976. The van der Waals surface area contributed by atoms with Crippen LogP contribution in [0, 0.1) is 0 Å². The van der Waals surface area contributed by atoms with E-state index >= 15 is 0 Å². The number of piperidine rings is 1. The average Bonchev–Trinajstić information content (AvgIpc) is 3.52. The second kappa shape index (κ2) is 11.4. The molecule has 10 nitrogen and oxygen atoms in total. The van der Waals surface area contributed by atoms with Gasteiger partial charge in [-0.05, 0) is 45.7 Å². The molecule has 0 aromatic heterocycles. The van der Waals surface area contributed by atoms with Gasteiger partial charge in [-0.1, -0.05) is 11.9 Å². The van der Waals surface area contributed by atoms with E-state index < -0.39 is 0 Å². The van der Waals surface area contributed by atoms with Gasteiger partial charge in [0.05, 0.1) is 6.17 Å². The molecule has 5 unspecified atom stereocenters. The number of carbonyl (C=O) groups is 2.